The zero-order valence-corrected chi connectivity index (χ0v) is 8.25. The minimum absolute atomic E-state index is 0.0227. The third-order valence-electron chi connectivity index (χ3n) is 1.44. The summed E-state index contributed by atoms with van der Waals surface area (Å²) in [7, 11) is 0. The van der Waals surface area contributed by atoms with Gasteiger partial charge in [0.2, 0.25) is 0 Å². The van der Waals surface area contributed by atoms with Gasteiger partial charge in [0.15, 0.2) is 5.78 Å². The summed E-state index contributed by atoms with van der Waals surface area (Å²) >= 11 is 0. The van der Waals surface area contributed by atoms with Gasteiger partial charge in [-0.25, -0.2) is 0 Å². The van der Waals surface area contributed by atoms with Gasteiger partial charge in [0, 0.05) is 13.0 Å². The van der Waals surface area contributed by atoms with Crippen LogP contribution < -0.4 is 0 Å². The van der Waals surface area contributed by atoms with Crippen LogP contribution in [0.3, 0.4) is 0 Å². The van der Waals surface area contributed by atoms with Gasteiger partial charge in [-0.05, 0) is 12.5 Å². The number of ketones is 1. The van der Waals surface area contributed by atoms with Crippen molar-refractivity contribution in [1.82, 2.24) is 0 Å². The Balaban J connectivity index is 2.99. The van der Waals surface area contributed by atoms with E-state index in [9.17, 15) is 4.79 Å². The van der Waals surface area contributed by atoms with Crippen LogP contribution in [0.15, 0.2) is 12.7 Å². The Bertz CT molecular complexity index is 143. The quantitative estimate of drug-likeness (QED) is 0.405. The maximum absolute atomic E-state index is 10.7. The summed E-state index contributed by atoms with van der Waals surface area (Å²) in [6.45, 7) is 7.83. The van der Waals surface area contributed by atoms with Crippen molar-refractivity contribution in [2.45, 2.75) is 19.8 Å². The van der Waals surface area contributed by atoms with Gasteiger partial charge in [-0.1, -0.05) is 13.5 Å². The number of carbonyl (C=O) groups excluding carboxylic acids is 1. The summed E-state index contributed by atoms with van der Waals surface area (Å²) in [5.74, 6) is 0.0227. The molecular weight excluding hydrogens is 168 g/mol. The molecule has 0 bridgehead atoms. The SMILES string of the molecule is C=CC(=O)CCOCCOCCC. The average molecular weight is 186 g/mol. The second-order valence-electron chi connectivity index (χ2n) is 2.65. The molecule has 0 spiro atoms. The first-order chi connectivity index (χ1) is 6.31. The van der Waals surface area contributed by atoms with Crippen LogP contribution in [0.1, 0.15) is 19.8 Å². The molecule has 0 unspecified atom stereocenters. The first-order valence-electron chi connectivity index (χ1n) is 4.62. The third-order valence-corrected chi connectivity index (χ3v) is 1.44. The van der Waals surface area contributed by atoms with Crippen LogP contribution in [0.25, 0.3) is 0 Å². The van der Waals surface area contributed by atoms with Gasteiger partial charge in [-0.2, -0.15) is 0 Å². The van der Waals surface area contributed by atoms with E-state index in [-0.39, 0.29) is 5.78 Å². The minimum Gasteiger partial charge on any atom is -0.379 e. The molecule has 0 amide bonds. The fourth-order valence-electron chi connectivity index (χ4n) is 0.741. The Morgan fingerprint density at radius 1 is 1.23 bits per heavy atom. The molecule has 3 nitrogen and oxygen atoms in total. The molecule has 0 aromatic heterocycles. The summed E-state index contributed by atoms with van der Waals surface area (Å²) in [5, 5.41) is 0. The number of ether oxygens (including phenoxy) is 2. The number of allylic oxidation sites excluding steroid dienone is 1. The number of rotatable bonds is 9. The van der Waals surface area contributed by atoms with Crippen molar-refractivity contribution < 1.29 is 14.3 Å². The first-order valence-corrected chi connectivity index (χ1v) is 4.62. The number of hydrogen-bond acceptors (Lipinski definition) is 3. The van der Waals surface area contributed by atoms with E-state index in [1.807, 2.05) is 0 Å². The fourth-order valence-corrected chi connectivity index (χ4v) is 0.741. The van der Waals surface area contributed by atoms with Gasteiger partial charge in [0.1, 0.15) is 0 Å². The highest BCUT2D eigenvalue weighted by Gasteiger charge is 1.94. The maximum atomic E-state index is 10.7. The van der Waals surface area contributed by atoms with Crippen LogP contribution in [0, 0.1) is 0 Å². The molecule has 13 heavy (non-hydrogen) atoms. The molecule has 0 N–H and O–H groups in total. The predicted molar refractivity (Wildman–Crippen MR) is 51.8 cm³/mol. The van der Waals surface area contributed by atoms with Crippen molar-refractivity contribution in [3.63, 3.8) is 0 Å². The smallest absolute Gasteiger partial charge is 0.157 e. The topological polar surface area (TPSA) is 35.5 Å². The lowest BCUT2D eigenvalue weighted by Crippen LogP contribution is -2.07. The van der Waals surface area contributed by atoms with Crippen LogP contribution in [0.5, 0.6) is 0 Å². The van der Waals surface area contributed by atoms with Crippen molar-refractivity contribution in [2.75, 3.05) is 26.4 Å². The molecular formula is C10H18O3. The van der Waals surface area contributed by atoms with Crippen LogP contribution in [0.4, 0.5) is 0 Å². The summed E-state index contributed by atoms with van der Waals surface area (Å²) in [5.41, 5.74) is 0. The third kappa shape index (κ3) is 9.24. The van der Waals surface area contributed by atoms with Gasteiger partial charge in [-0.3, -0.25) is 4.79 Å². The molecule has 0 saturated carbocycles. The molecule has 0 fully saturated rings. The molecule has 0 aromatic rings. The molecule has 0 radical (unpaired) electrons. The summed E-state index contributed by atoms with van der Waals surface area (Å²) in [6, 6.07) is 0. The van der Waals surface area contributed by atoms with Crippen molar-refractivity contribution in [3.8, 4) is 0 Å². The number of carbonyl (C=O) groups is 1. The Labute approximate surface area is 79.7 Å². The largest absolute Gasteiger partial charge is 0.379 e. The van der Waals surface area contributed by atoms with Crippen molar-refractivity contribution in [3.05, 3.63) is 12.7 Å². The highest BCUT2D eigenvalue weighted by molar-refractivity contribution is 5.89. The monoisotopic (exact) mass is 186 g/mol. The molecule has 0 rings (SSSR count). The van der Waals surface area contributed by atoms with Crippen LogP contribution in [0.2, 0.25) is 0 Å². The van der Waals surface area contributed by atoms with Gasteiger partial charge in [0.05, 0.1) is 19.8 Å². The lowest BCUT2D eigenvalue weighted by Gasteiger charge is -2.03. The second kappa shape index (κ2) is 9.42. The highest BCUT2D eigenvalue weighted by atomic mass is 16.5. The summed E-state index contributed by atoms with van der Waals surface area (Å²) in [6.07, 6.45) is 2.75. The first kappa shape index (κ1) is 12.3. The lowest BCUT2D eigenvalue weighted by molar-refractivity contribution is -0.115. The Hall–Kier alpha value is -0.670. The molecule has 76 valence electrons. The molecule has 0 aliphatic heterocycles. The fraction of sp³-hybridized carbons (Fsp3) is 0.700. The summed E-state index contributed by atoms with van der Waals surface area (Å²) < 4.78 is 10.3. The minimum atomic E-state index is 0.0227. The number of hydrogen-bond donors (Lipinski definition) is 0. The van der Waals surface area contributed by atoms with E-state index in [4.69, 9.17) is 9.47 Å². The average Bonchev–Trinajstić information content (AvgIpc) is 2.16. The molecule has 0 saturated heterocycles. The van der Waals surface area contributed by atoms with Crippen molar-refractivity contribution in [2.24, 2.45) is 0 Å². The molecule has 0 aliphatic carbocycles. The normalized spacial score (nSPS) is 9.92. The molecule has 0 heterocycles. The van der Waals surface area contributed by atoms with Crippen LogP contribution >= 0.6 is 0 Å². The predicted octanol–water partition coefficient (Wildman–Crippen LogP) is 1.57. The van der Waals surface area contributed by atoms with Gasteiger partial charge in [-0.15, -0.1) is 0 Å². The highest BCUT2D eigenvalue weighted by Crippen LogP contribution is 1.87. The van der Waals surface area contributed by atoms with E-state index in [0.717, 1.165) is 13.0 Å². The molecule has 0 aromatic carbocycles. The second-order valence-corrected chi connectivity index (χ2v) is 2.65. The van der Waals surface area contributed by atoms with Gasteiger partial charge in [0.25, 0.3) is 0 Å². The Morgan fingerprint density at radius 2 is 1.85 bits per heavy atom. The van der Waals surface area contributed by atoms with Crippen molar-refractivity contribution >= 4 is 5.78 Å². The zero-order chi connectivity index (χ0) is 9.94. The lowest BCUT2D eigenvalue weighted by atomic mass is 10.3. The van der Waals surface area contributed by atoms with Gasteiger partial charge >= 0.3 is 0 Å². The van der Waals surface area contributed by atoms with E-state index in [1.165, 1.54) is 6.08 Å². The van der Waals surface area contributed by atoms with E-state index in [1.54, 1.807) is 0 Å². The Kier molecular flexibility index (Phi) is 8.93. The summed E-state index contributed by atoms with van der Waals surface area (Å²) in [4.78, 5) is 10.7. The van der Waals surface area contributed by atoms with E-state index in [2.05, 4.69) is 13.5 Å². The molecule has 0 atom stereocenters. The van der Waals surface area contributed by atoms with Gasteiger partial charge < -0.3 is 9.47 Å². The standard InChI is InChI=1S/C10H18O3/c1-3-6-12-8-9-13-7-5-10(11)4-2/h4H,2-3,5-9H2,1H3. The Morgan fingerprint density at radius 3 is 2.38 bits per heavy atom. The van der Waals surface area contributed by atoms with E-state index in [0.29, 0.717) is 26.2 Å². The van der Waals surface area contributed by atoms with Crippen molar-refractivity contribution in [1.29, 1.82) is 0 Å². The van der Waals surface area contributed by atoms with Crippen LogP contribution in [-0.4, -0.2) is 32.2 Å². The maximum Gasteiger partial charge on any atom is 0.157 e. The van der Waals surface area contributed by atoms with E-state index >= 15 is 0 Å². The molecule has 3 heteroatoms. The zero-order valence-electron chi connectivity index (χ0n) is 8.25. The molecule has 0 aliphatic rings. The van der Waals surface area contributed by atoms with E-state index < -0.39 is 0 Å². The van der Waals surface area contributed by atoms with Crippen LogP contribution in [-0.2, 0) is 14.3 Å².